The highest BCUT2D eigenvalue weighted by Gasteiger charge is 2.41. The molecule has 7 aromatic carbocycles. The highest BCUT2D eigenvalue weighted by Crippen LogP contribution is 2.54. The third-order valence-corrected chi connectivity index (χ3v) is 18.4. The molecule has 0 aliphatic heterocycles. The van der Waals surface area contributed by atoms with Crippen LogP contribution in [0.2, 0.25) is 0 Å². The molecule has 0 N–H and O–H groups in total. The summed E-state index contributed by atoms with van der Waals surface area (Å²) in [6.45, 7) is 33.6. The quantitative estimate of drug-likeness (QED) is 0.166. The molecule has 0 saturated heterocycles. The third-order valence-electron chi connectivity index (χ3n) is 18.4. The molecule has 0 fully saturated rings. The Kier molecular flexibility index (Phi) is 10.2. The lowest BCUT2D eigenvalue weighted by Crippen LogP contribution is -2.34. The Morgan fingerprint density at radius 1 is 0.333 bits per heavy atom. The molecule has 3 aliphatic carbocycles. The fraction of sp³-hybridized carbons (Fsp3) is 0.382. The fourth-order valence-electron chi connectivity index (χ4n) is 13.4. The van der Waals surface area contributed by atoms with Gasteiger partial charge in [-0.15, -0.1) is 0 Å². The second kappa shape index (κ2) is 15.6. The van der Waals surface area contributed by atoms with Crippen molar-refractivity contribution < 1.29 is 8.83 Å². The van der Waals surface area contributed by atoms with Crippen molar-refractivity contribution in [2.24, 2.45) is 0 Å². The fourth-order valence-corrected chi connectivity index (χ4v) is 13.4. The number of hydrogen-bond donors (Lipinski definition) is 0. The first-order valence-corrected chi connectivity index (χ1v) is 26.9. The summed E-state index contributed by atoms with van der Waals surface area (Å²) >= 11 is 0. The van der Waals surface area contributed by atoms with Crippen LogP contribution < -0.4 is 9.80 Å². The number of benzene rings is 7. The van der Waals surface area contributed by atoms with Crippen molar-refractivity contribution >= 4 is 78.0 Å². The lowest BCUT2D eigenvalue weighted by molar-refractivity contribution is 0.332. The number of anilines is 6. The van der Waals surface area contributed by atoms with Gasteiger partial charge in [-0.25, -0.2) is 0 Å². The van der Waals surface area contributed by atoms with Crippen molar-refractivity contribution in [3.63, 3.8) is 0 Å². The van der Waals surface area contributed by atoms with E-state index in [1.165, 1.54) is 74.8 Å². The first-order chi connectivity index (χ1) is 33.9. The van der Waals surface area contributed by atoms with Gasteiger partial charge in [0, 0.05) is 56.0 Å². The maximum absolute atomic E-state index is 7.02. The van der Waals surface area contributed by atoms with E-state index in [1.54, 1.807) is 0 Å². The number of para-hydroxylation sites is 2. The third kappa shape index (κ3) is 7.27. The largest absolute Gasteiger partial charge is 0.456 e. The molecule has 2 heterocycles. The van der Waals surface area contributed by atoms with Crippen molar-refractivity contribution in [2.45, 2.75) is 168 Å². The summed E-state index contributed by atoms with van der Waals surface area (Å²) in [5, 5.41) is 4.60. The summed E-state index contributed by atoms with van der Waals surface area (Å²) in [7, 11) is 0. The van der Waals surface area contributed by atoms with Crippen LogP contribution in [0.15, 0.2) is 130 Å². The molecule has 0 amide bonds. The highest BCUT2D eigenvalue weighted by molar-refractivity contribution is 6.11. The summed E-state index contributed by atoms with van der Waals surface area (Å²) in [5.74, 6) is 0. The molecular formula is C68H74N2O2. The van der Waals surface area contributed by atoms with Crippen LogP contribution >= 0.6 is 0 Å². The van der Waals surface area contributed by atoms with E-state index in [0.717, 1.165) is 86.2 Å². The van der Waals surface area contributed by atoms with E-state index >= 15 is 0 Å². The summed E-state index contributed by atoms with van der Waals surface area (Å²) in [4.78, 5) is 4.99. The van der Waals surface area contributed by atoms with E-state index < -0.39 is 0 Å². The van der Waals surface area contributed by atoms with Crippen LogP contribution in [-0.4, -0.2) is 0 Å². The van der Waals surface area contributed by atoms with Crippen LogP contribution in [0.1, 0.15) is 166 Å². The number of fused-ring (bicyclic) bond motifs is 9. The summed E-state index contributed by atoms with van der Waals surface area (Å²) in [5.41, 5.74) is 21.7. The second-order valence-electron chi connectivity index (χ2n) is 26.3. The van der Waals surface area contributed by atoms with Crippen LogP contribution in [0.4, 0.5) is 34.1 Å². The highest BCUT2D eigenvalue weighted by atomic mass is 16.3. The zero-order valence-corrected chi connectivity index (χ0v) is 45.5. The van der Waals surface area contributed by atoms with E-state index in [-0.39, 0.29) is 32.5 Å². The molecule has 4 heteroatoms. The molecule has 0 saturated carbocycles. The molecule has 0 atom stereocenters. The van der Waals surface area contributed by atoms with E-state index in [0.29, 0.717) is 0 Å². The van der Waals surface area contributed by atoms with Gasteiger partial charge in [0.25, 0.3) is 0 Å². The SMILES string of the molecule is Cc1cc(N(c2ccc3c(c2)oc2cc4c(cc23)C(C)(C)CCC4(C)C)c2cc3c(cc2C)C(C)(C)CCC3(C)C)cc(N(c2ccc3c(c2)C(C)(C)CCC3(C)C)c2cccc3c2oc2ccccc23)c1. The van der Waals surface area contributed by atoms with Crippen LogP contribution in [0.5, 0.6) is 0 Å². The number of rotatable bonds is 6. The minimum atomic E-state index is 0.0248. The predicted molar refractivity (Wildman–Crippen MR) is 306 cm³/mol. The molecule has 3 aliphatic rings. The average Bonchev–Trinajstić information content (AvgIpc) is 3.89. The number of hydrogen-bond acceptors (Lipinski definition) is 4. The van der Waals surface area contributed by atoms with Crippen LogP contribution in [0.25, 0.3) is 43.9 Å². The average molecular weight is 951 g/mol. The molecule has 0 radical (unpaired) electrons. The lowest BCUT2D eigenvalue weighted by Gasteiger charge is -2.43. The molecule has 72 heavy (non-hydrogen) atoms. The molecule has 2 aromatic heterocycles. The Hall–Kier alpha value is -6.26. The molecule has 0 unspecified atom stereocenters. The first-order valence-electron chi connectivity index (χ1n) is 26.9. The predicted octanol–water partition coefficient (Wildman–Crippen LogP) is 20.1. The molecular weight excluding hydrogens is 877 g/mol. The van der Waals surface area contributed by atoms with Crippen molar-refractivity contribution in [1.82, 2.24) is 0 Å². The topological polar surface area (TPSA) is 32.8 Å². The normalized spacial score (nSPS) is 19.0. The minimum absolute atomic E-state index is 0.0248. The molecule has 4 nitrogen and oxygen atoms in total. The van der Waals surface area contributed by atoms with Crippen molar-refractivity contribution in [1.29, 1.82) is 0 Å². The van der Waals surface area contributed by atoms with E-state index in [1.807, 2.05) is 0 Å². The smallest absolute Gasteiger partial charge is 0.159 e. The zero-order valence-electron chi connectivity index (χ0n) is 45.5. The molecule has 0 spiro atoms. The van der Waals surface area contributed by atoms with Crippen LogP contribution in [0, 0.1) is 13.8 Å². The summed E-state index contributed by atoms with van der Waals surface area (Å²) < 4.78 is 13.9. The number of nitrogens with zero attached hydrogens (tertiary/aromatic N) is 2. The Labute approximate surface area is 428 Å². The van der Waals surface area contributed by atoms with Gasteiger partial charge in [-0.05, 0) is 202 Å². The van der Waals surface area contributed by atoms with Gasteiger partial charge < -0.3 is 18.6 Å². The maximum atomic E-state index is 7.02. The van der Waals surface area contributed by atoms with Crippen LogP contribution in [-0.2, 0) is 32.5 Å². The molecule has 368 valence electrons. The Morgan fingerprint density at radius 3 is 1.47 bits per heavy atom. The van der Waals surface area contributed by atoms with Crippen molar-refractivity contribution in [3.8, 4) is 0 Å². The maximum Gasteiger partial charge on any atom is 0.159 e. The van der Waals surface area contributed by atoms with Crippen molar-refractivity contribution in [2.75, 3.05) is 9.80 Å². The van der Waals surface area contributed by atoms with Gasteiger partial charge in [-0.1, -0.05) is 126 Å². The van der Waals surface area contributed by atoms with E-state index in [2.05, 4.69) is 228 Å². The number of aryl methyl sites for hydroxylation is 2. The molecule has 12 rings (SSSR count). The van der Waals surface area contributed by atoms with E-state index in [4.69, 9.17) is 8.83 Å². The van der Waals surface area contributed by atoms with E-state index in [9.17, 15) is 0 Å². The lowest BCUT2D eigenvalue weighted by atomic mass is 9.63. The first kappa shape index (κ1) is 46.8. The molecule has 0 bridgehead atoms. The van der Waals surface area contributed by atoms with Gasteiger partial charge in [0.15, 0.2) is 5.58 Å². The van der Waals surface area contributed by atoms with Gasteiger partial charge in [0.1, 0.15) is 16.7 Å². The second-order valence-corrected chi connectivity index (χ2v) is 26.3. The monoisotopic (exact) mass is 951 g/mol. The van der Waals surface area contributed by atoms with Gasteiger partial charge >= 0.3 is 0 Å². The Balaban J connectivity index is 1.11. The summed E-state index contributed by atoms with van der Waals surface area (Å²) in [6, 6.07) is 46.3. The van der Waals surface area contributed by atoms with Gasteiger partial charge in [0.05, 0.1) is 5.69 Å². The summed E-state index contributed by atoms with van der Waals surface area (Å²) in [6.07, 6.45) is 6.96. The Bertz CT molecular complexity index is 3700. The number of furan rings is 2. The van der Waals surface area contributed by atoms with Gasteiger partial charge in [0.2, 0.25) is 0 Å². The van der Waals surface area contributed by atoms with Gasteiger partial charge in [-0.3, -0.25) is 0 Å². The van der Waals surface area contributed by atoms with Gasteiger partial charge in [-0.2, -0.15) is 0 Å². The van der Waals surface area contributed by atoms with Crippen LogP contribution in [0.3, 0.4) is 0 Å². The standard InChI is InChI=1S/C68H74N2O2/c1-41-32-45(69(43-23-25-51-53(36-43)65(7,8)27-26-63(51,3)4)57-20-17-19-49-47-18-15-16-21-59(47)72-62(49)57)35-46(33-41)70(58-39-55-52(34-42(58)2)64(5,6)28-30-67(55,11)12)44-22-24-48-50-38-54-56(40-61(50)71-60(48)37-44)68(13,14)31-29-66(54,9)10/h15-25,32-40H,26-31H2,1-14H3. The van der Waals surface area contributed by atoms with Crippen molar-refractivity contribution in [3.05, 3.63) is 166 Å². The molecule has 9 aromatic rings. The minimum Gasteiger partial charge on any atom is -0.456 e. The Morgan fingerprint density at radius 2 is 0.819 bits per heavy atom. The zero-order chi connectivity index (χ0) is 50.7.